The quantitative estimate of drug-likeness (QED) is 0.842. The fraction of sp³-hybridized carbons (Fsp3) is 0.353. The molecule has 8 nitrogen and oxygen atoms in total. The molecule has 2 aromatic rings. The molecular formula is C17H18N4O4. The number of anilines is 1. The Bertz CT molecular complexity index is 770. The lowest BCUT2D eigenvalue weighted by Gasteiger charge is -2.36. The van der Waals surface area contributed by atoms with Crippen molar-refractivity contribution in [2.75, 3.05) is 24.8 Å². The third kappa shape index (κ3) is 3.20. The highest BCUT2D eigenvalue weighted by Gasteiger charge is 2.30. The predicted octanol–water partition coefficient (Wildman–Crippen LogP) is 0.575. The number of hydrogen-bond donors (Lipinski definition) is 2. The van der Waals surface area contributed by atoms with E-state index in [1.807, 2.05) is 4.90 Å². The lowest BCUT2D eigenvalue weighted by atomic mass is 10.0. The smallest absolute Gasteiger partial charge is 0.251 e. The number of aromatic nitrogens is 2. The molecule has 0 saturated carbocycles. The standard InChI is InChI=1S/C17H18N4O4/c22-13-9-21(16-8-18-4-5-19-16)6-3-12(13)20-17(23)11-1-2-14-15(7-11)25-10-24-14/h1-2,4-5,7-8,12-13,22H,3,6,9-10H2,(H,20,23)/t12-,13-/m0/s1. The van der Waals surface area contributed by atoms with Gasteiger partial charge >= 0.3 is 0 Å². The Morgan fingerprint density at radius 3 is 2.96 bits per heavy atom. The second kappa shape index (κ2) is 6.56. The maximum Gasteiger partial charge on any atom is 0.251 e. The molecule has 1 amide bonds. The van der Waals surface area contributed by atoms with Crippen LogP contribution in [0.3, 0.4) is 0 Å². The third-order valence-electron chi connectivity index (χ3n) is 4.41. The van der Waals surface area contributed by atoms with Crippen LogP contribution in [0.2, 0.25) is 0 Å². The second-order valence-electron chi connectivity index (χ2n) is 6.01. The number of nitrogens with zero attached hydrogens (tertiary/aromatic N) is 3. The molecule has 25 heavy (non-hydrogen) atoms. The van der Waals surface area contributed by atoms with Crippen LogP contribution in [-0.2, 0) is 0 Å². The summed E-state index contributed by atoms with van der Waals surface area (Å²) in [6.45, 7) is 1.24. The third-order valence-corrected chi connectivity index (χ3v) is 4.41. The summed E-state index contributed by atoms with van der Waals surface area (Å²) in [6, 6.07) is 4.73. The van der Waals surface area contributed by atoms with Crippen molar-refractivity contribution in [1.82, 2.24) is 15.3 Å². The van der Waals surface area contributed by atoms with Crippen molar-refractivity contribution in [3.63, 3.8) is 0 Å². The molecular weight excluding hydrogens is 324 g/mol. The van der Waals surface area contributed by atoms with E-state index in [0.717, 1.165) is 5.82 Å². The highest BCUT2D eigenvalue weighted by molar-refractivity contribution is 5.95. The van der Waals surface area contributed by atoms with Crippen LogP contribution in [0.5, 0.6) is 11.5 Å². The van der Waals surface area contributed by atoms with E-state index in [-0.39, 0.29) is 18.7 Å². The van der Waals surface area contributed by atoms with Crippen molar-refractivity contribution in [3.05, 3.63) is 42.4 Å². The number of aliphatic hydroxyl groups excluding tert-OH is 1. The molecule has 1 fully saturated rings. The van der Waals surface area contributed by atoms with E-state index in [4.69, 9.17) is 9.47 Å². The Balaban J connectivity index is 1.39. The van der Waals surface area contributed by atoms with Gasteiger partial charge in [-0.3, -0.25) is 9.78 Å². The van der Waals surface area contributed by atoms with Gasteiger partial charge in [0.1, 0.15) is 5.82 Å². The van der Waals surface area contributed by atoms with Gasteiger partial charge in [-0.2, -0.15) is 0 Å². The Hall–Kier alpha value is -2.87. The van der Waals surface area contributed by atoms with Gasteiger partial charge in [0.2, 0.25) is 6.79 Å². The summed E-state index contributed by atoms with van der Waals surface area (Å²) >= 11 is 0. The zero-order valence-corrected chi connectivity index (χ0v) is 13.5. The fourth-order valence-electron chi connectivity index (χ4n) is 3.05. The van der Waals surface area contributed by atoms with Gasteiger partial charge in [-0.15, -0.1) is 0 Å². The largest absolute Gasteiger partial charge is 0.454 e. The van der Waals surface area contributed by atoms with Crippen LogP contribution in [0.25, 0.3) is 0 Å². The average Bonchev–Trinajstić information content (AvgIpc) is 3.12. The van der Waals surface area contributed by atoms with Gasteiger partial charge in [0.15, 0.2) is 11.5 Å². The minimum Gasteiger partial charge on any atom is -0.454 e. The summed E-state index contributed by atoms with van der Waals surface area (Å²) in [5.41, 5.74) is 0.479. The highest BCUT2D eigenvalue weighted by atomic mass is 16.7. The van der Waals surface area contributed by atoms with E-state index in [9.17, 15) is 9.90 Å². The molecule has 1 aromatic heterocycles. The van der Waals surface area contributed by atoms with Gasteiger partial charge in [0, 0.05) is 31.0 Å². The molecule has 0 spiro atoms. The molecule has 2 N–H and O–H groups in total. The molecule has 0 unspecified atom stereocenters. The van der Waals surface area contributed by atoms with Crippen molar-refractivity contribution in [3.8, 4) is 11.5 Å². The number of β-amino-alcohol motifs (C(OH)–C–C–N with tert-alkyl or cyclic N) is 1. The number of amides is 1. The molecule has 4 rings (SSSR count). The van der Waals surface area contributed by atoms with Crippen LogP contribution < -0.4 is 19.7 Å². The molecule has 2 atom stereocenters. The zero-order valence-electron chi connectivity index (χ0n) is 13.5. The second-order valence-corrected chi connectivity index (χ2v) is 6.01. The molecule has 1 aromatic carbocycles. The lowest BCUT2D eigenvalue weighted by Crippen LogP contribution is -2.54. The van der Waals surface area contributed by atoms with Crippen molar-refractivity contribution in [1.29, 1.82) is 0 Å². The maximum atomic E-state index is 12.5. The van der Waals surface area contributed by atoms with Crippen molar-refractivity contribution in [2.45, 2.75) is 18.6 Å². The van der Waals surface area contributed by atoms with Crippen LogP contribution in [0.4, 0.5) is 5.82 Å². The topological polar surface area (TPSA) is 96.8 Å². The normalized spacial score (nSPS) is 21.9. The van der Waals surface area contributed by atoms with Gasteiger partial charge in [-0.05, 0) is 24.6 Å². The summed E-state index contributed by atoms with van der Waals surface area (Å²) in [4.78, 5) is 22.7. The number of carbonyl (C=O) groups is 1. The van der Waals surface area contributed by atoms with Crippen LogP contribution >= 0.6 is 0 Å². The average molecular weight is 342 g/mol. The van der Waals surface area contributed by atoms with E-state index < -0.39 is 6.10 Å². The van der Waals surface area contributed by atoms with Crippen molar-refractivity contribution >= 4 is 11.7 Å². The Morgan fingerprint density at radius 1 is 1.28 bits per heavy atom. The summed E-state index contributed by atoms with van der Waals surface area (Å²) < 4.78 is 10.5. The van der Waals surface area contributed by atoms with Crippen LogP contribution in [0, 0.1) is 0 Å². The summed E-state index contributed by atoms with van der Waals surface area (Å²) in [5.74, 6) is 1.68. The maximum absolute atomic E-state index is 12.5. The first-order chi connectivity index (χ1) is 12.2. The molecule has 8 heteroatoms. The zero-order chi connectivity index (χ0) is 17.2. The number of carbonyl (C=O) groups excluding carboxylic acids is 1. The first-order valence-corrected chi connectivity index (χ1v) is 8.10. The SMILES string of the molecule is O=C(N[C@H]1CCN(c2cnccn2)C[C@@H]1O)c1ccc2c(c1)OCO2. The van der Waals surface area contributed by atoms with Crippen molar-refractivity contribution in [2.24, 2.45) is 0 Å². The Kier molecular flexibility index (Phi) is 4.10. The molecule has 0 bridgehead atoms. The Labute approximate surface area is 144 Å². The number of rotatable bonds is 3. The summed E-state index contributed by atoms with van der Waals surface area (Å²) in [7, 11) is 0. The van der Waals surface area contributed by atoms with E-state index >= 15 is 0 Å². The number of aliphatic hydroxyl groups is 1. The molecule has 1 saturated heterocycles. The van der Waals surface area contributed by atoms with Gasteiger partial charge in [0.05, 0.1) is 18.3 Å². The van der Waals surface area contributed by atoms with Gasteiger partial charge < -0.3 is 24.8 Å². The van der Waals surface area contributed by atoms with Gasteiger partial charge in [-0.1, -0.05) is 0 Å². The van der Waals surface area contributed by atoms with E-state index in [1.54, 1.807) is 36.8 Å². The summed E-state index contributed by atoms with van der Waals surface area (Å²) in [5, 5.41) is 13.3. The minimum absolute atomic E-state index is 0.167. The first-order valence-electron chi connectivity index (χ1n) is 8.10. The molecule has 3 heterocycles. The lowest BCUT2D eigenvalue weighted by molar-refractivity contribution is 0.0797. The number of fused-ring (bicyclic) bond motifs is 1. The van der Waals surface area contributed by atoms with Gasteiger partial charge in [-0.25, -0.2) is 4.98 Å². The minimum atomic E-state index is -0.686. The fourth-order valence-corrected chi connectivity index (χ4v) is 3.05. The van der Waals surface area contributed by atoms with Gasteiger partial charge in [0.25, 0.3) is 5.91 Å². The van der Waals surface area contributed by atoms with Crippen LogP contribution in [0.15, 0.2) is 36.8 Å². The van der Waals surface area contributed by atoms with E-state index in [2.05, 4.69) is 15.3 Å². The number of ether oxygens (including phenoxy) is 2. The highest BCUT2D eigenvalue weighted by Crippen LogP contribution is 2.32. The number of hydrogen-bond acceptors (Lipinski definition) is 7. The van der Waals surface area contributed by atoms with Crippen LogP contribution in [0.1, 0.15) is 16.8 Å². The summed E-state index contributed by atoms with van der Waals surface area (Å²) in [6.07, 6.45) is 4.83. The monoisotopic (exact) mass is 342 g/mol. The first kappa shape index (κ1) is 15.6. The van der Waals surface area contributed by atoms with Crippen LogP contribution in [-0.4, -0.2) is 53.0 Å². The van der Waals surface area contributed by atoms with Crippen molar-refractivity contribution < 1.29 is 19.4 Å². The molecule has 2 aliphatic heterocycles. The molecule has 2 aliphatic rings. The predicted molar refractivity (Wildman–Crippen MR) is 88.7 cm³/mol. The van der Waals surface area contributed by atoms with E-state index in [0.29, 0.717) is 36.6 Å². The molecule has 130 valence electrons. The number of piperidine rings is 1. The van der Waals surface area contributed by atoms with E-state index in [1.165, 1.54) is 0 Å². The Morgan fingerprint density at radius 2 is 2.16 bits per heavy atom. The number of nitrogens with one attached hydrogen (secondary N) is 1. The molecule has 0 radical (unpaired) electrons. The number of benzene rings is 1. The molecule has 0 aliphatic carbocycles.